The van der Waals surface area contributed by atoms with Crippen LogP contribution >= 0.6 is 0 Å². The van der Waals surface area contributed by atoms with Gasteiger partial charge in [0.25, 0.3) is 0 Å². The number of allylic oxidation sites excluding steroid dienone is 26. The number of carbonyl (C=O) groups is 3. The summed E-state index contributed by atoms with van der Waals surface area (Å²) >= 11 is 0. The van der Waals surface area contributed by atoms with Crippen LogP contribution in [0.15, 0.2) is 158 Å². The van der Waals surface area contributed by atoms with Gasteiger partial charge in [-0.1, -0.05) is 275 Å². The van der Waals surface area contributed by atoms with E-state index in [0.29, 0.717) is 19.3 Å². The summed E-state index contributed by atoms with van der Waals surface area (Å²) in [5.41, 5.74) is 0. The number of rotatable bonds is 59. The highest BCUT2D eigenvalue weighted by Crippen LogP contribution is 2.15. The first-order valence-corrected chi connectivity index (χ1v) is 33.5. The Labute approximate surface area is 505 Å². The maximum Gasteiger partial charge on any atom is 0.306 e. The van der Waals surface area contributed by atoms with Crippen LogP contribution in [0.1, 0.15) is 284 Å². The standard InChI is InChI=1S/C76H122O6/c1-4-7-10-13-16-19-22-25-28-29-30-31-32-33-34-35-36-37-38-39-40-41-42-43-44-45-46-47-49-51-54-57-60-63-66-69-75(78)81-72-73(71-80-74(77)68-65-62-59-56-53-50-27-24-21-18-15-12-9-6-3)82-76(79)70-67-64-61-58-55-52-48-26-23-20-17-14-11-8-5-2/h7-8,10-11,16-17,19-20,24-28,30-31,33-34,36-37,39-40,42-43,48,55,58,73H,4-6,9,12-15,18,21-23,29,32,35,38,41,44-47,49-54,56-57,59-72H2,1-3H3/b10-7-,11-8-,19-16-,20-17-,27-24-,28-25-,31-30-,34-33-,37-36-,40-39-,43-42-,48-26-,58-55-. The highest BCUT2D eigenvalue weighted by atomic mass is 16.6. The molecule has 0 aromatic rings. The van der Waals surface area contributed by atoms with Crippen molar-refractivity contribution in [3.63, 3.8) is 0 Å². The third-order valence-corrected chi connectivity index (χ3v) is 13.7. The highest BCUT2D eigenvalue weighted by molar-refractivity contribution is 5.71. The van der Waals surface area contributed by atoms with Crippen LogP contribution in [0, 0.1) is 0 Å². The molecule has 0 aromatic carbocycles. The normalized spacial score (nSPS) is 13.2. The van der Waals surface area contributed by atoms with Gasteiger partial charge >= 0.3 is 17.9 Å². The zero-order chi connectivity index (χ0) is 59.2. The molecule has 0 N–H and O–H groups in total. The molecule has 82 heavy (non-hydrogen) atoms. The van der Waals surface area contributed by atoms with E-state index in [9.17, 15) is 14.4 Å². The molecule has 6 heteroatoms. The van der Waals surface area contributed by atoms with Crippen molar-refractivity contribution >= 4 is 17.9 Å². The first-order chi connectivity index (χ1) is 40.5. The van der Waals surface area contributed by atoms with Crippen molar-refractivity contribution in [2.45, 2.75) is 290 Å². The van der Waals surface area contributed by atoms with Crippen LogP contribution in [0.25, 0.3) is 0 Å². The summed E-state index contributed by atoms with van der Waals surface area (Å²) in [5, 5.41) is 0. The van der Waals surface area contributed by atoms with Crippen LogP contribution < -0.4 is 0 Å². The van der Waals surface area contributed by atoms with E-state index in [2.05, 4.69) is 179 Å². The minimum Gasteiger partial charge on any atom is -0.462 e. The summed E-state index contributed by atoms with van der Waals surface area (Å²) in [6, 6.07) is 0. The first-order valence-electron chi connectivity index (χ1n) is 33.5. The van der Waals surface area contributed by atoms with Gasteiger partial charge < -0.3 is 14.2 Å². The van der Waals surface area contributed by atoms with Crippen LogP contribution in [-0.4, -0.2) is 37.2 Å². The van der Waals surface area contributed by atoms with Crippen molar-refractivity contribution in [2.75, 3.05) is 13.2 Å². The lowest BCUT2D eigenvalue weighted by molar-refractivity contribution is -0.167. The van der Waals surface area contributed by atoms with E-state index >= 15 is 0 Å². The topological polar surface area (TPSA) is 78.9 Å². The van der Waals surface area contributed by atoms with Crippen LogP contribution in [0.4, 0.5) is 0 Å². The lowest BCUT2D eigenvalue weighted by Gasteiger charge is -2.18. The molecule has 0 aliphatic rings. The summed E-state index contributed by atoms with van der Waals surface area (Å²) in [6.45, 7) is 6.36. The van der Waals surface area contributed by atoms with E-state index in [1.807, 2.05) is 0 Å². The molecule has 0 saturated heterocycles. The molecule has 0 spiro atoms. The van der Waals surface area contributed by atoms with Crippen molar-refractivity contribution in [2.24, 2.45) is 0 Å². The SMILES string of the molecule is CC/C=C\C/C=C\C/C=C\C/C=C\C/C=C\C/C=C\C/C=C\C/C=C\CCCCCCCCCCCCC(=O)OCC(COC(=O)CCCCCCC/C=C\CCCCCCC)OC(=O)CCCC/C=C\C/C=C\C/C=C\C/C=C\CC. The zero-order valence-electron chi connectivity index (χ0n) is 52.9. The van der Waals surface area contributed by atoms with E-state index in [1.165, 1.54) is 89.9 Å². The Morgan fingerprint density at radius 1 is 0.256 bits per heavy atom. The molecular formula is C76H122O6. The van der Waals surface area contributed by atoms with Crippen molar-refractivity contribution in [3.8, 4) is 0 Å². The Morgan fingerprint density at radius 2 is 0.476 bits per heavy atom. The average Bonchev–Trinajstić information content (AvgIpc) is 3.48. The molecule has 0 rings (SSSR count). The number of hydrogen-bond donors (Lipinski definition) is 0. The van der Waals surface area contributed by atoms with Gasteiger partial charge in [0.2, 0.25) is 0 Å². The molecule has 0 bridgehead atoms. The minimum absolute atomic E-state index is 0.104. The summed E-state index contributed by atoms with van der Waals surface area (Å²) in [7, 11) is 0. The third kappa shape index (κ3) is 65.8. The largest absolute Gasteiger partial charge is 0.462 e. The fourth-order valence-electron chi connectivity index (χ4n) is 8.80. The van der Waals surface area contributed by atoms with Crippen molar-refractivity contribution in [1.29, 1.82) is 0 Å². The van der Waals surface area contributed by atoms with Gasteiger partial charge in [0.15, 0.2) is 6.10 Å². The van der Waals surface area contributed by atoms with Gasteiger partial charge in [-0.05, 0) is 148 Å². The summed E-state index contributed by atoms with van der Waals surface area (Å²) in [6.07, 6.45) is 99.8. The average molecular weight is 1130 g/mol. The molecular weight excluding hydrogens is 1010 g/mol. The number of unbranched alkanes of at least 4 members (excludes halogenated alkanes) is 22. The molecule has 1 unspecified atom stereocenters. The Hall–Kier alpha value is -4.97. The summed E-state index contributed by atoms with van der Waals surface area (Å²) < 4.78 is 16.9. The lowest BCUT2D eigenvalue weighted by atomic mass is 10.1. The zero-order valence-corrected chi connectivity index (χ0v) is 52.9. The van der Waals surface area contributed by atoms with Crippen molar-refractivity contribution in [3.05, 3.63) is 158 Å². The number of ether oxygens (including phenoxy) is 3. The Kier molecular flexibility index (Phi) is 64.4. The third-order valence-electron chi connectivity index (χ3n) is 13.7. The molecule has 0 amide bonds. The summed E-state index contributed by atoms with van der Waals surface area (Å²) in [5.74, 6) is -0.959. The molecule has 462 valence electrons. The van der Waals surface area contributed by atoms with E-state index in [1.54, 1.807) is 0 Å². The predicted molar refractivity (Wildman–Crippen MR) is 357 cm³/mol. The molecule has 0 saturated carbocycles. The van der Waals surface area contributed by atoms with Crippen LogP contribution in [-0.2, 0) is 28.6 Å². The van der Waals surface area contributed by atoms with Gasteiger partial charge in [-0.3, -0.25) is 14.4 Å². The second kappa shape index (κ2) is 68.5. The second-order valence-electron chi connectivity index (χ2n) is 21.6. The van der Waals surface area contributed by atoms with E-state index < -0.39 is 6.10 Å². The highest BCUT2D eigenvalue weighted by Gasteiger charge is 2.19. The predicted octanol–water partition coefficient (Wildman–Crippen LogP) is 23.3. The smallest absolute Gasteiger partial charge is 0.306 e. The Balaban J connectivity index is 4.28. The van der Waals surface area contributed by atoms with E-state index in [4.69, 9.17) is 14.2 Å². The molecule has 0 fully saturated rings. The molecule has 0 aliphatic heterocycles. The number of carbonyl (C=O) groups excluding carboxylic acids is 3. The van der Waals surface area contributed by atoms with Crippen LogP contribution in [0.3, 0.4) is 0 Å². The van der Waals surface area contributed by atoms with Gasteiger partial charge in [-0.2, -0.15) is 0 Å². The number of hydrogen-bond acceptors (Lipinski definition) is 6. The maximum absolute atomic E-state index is 12.9. The van der Waals surface area contributed by atoms with Gasteiger partial charge in [0.05, 0.1) is 0 Å². The molecule has 0 heterocycles. The van der Waals surface area contributed by atoms with Crippen molar-refractivity contribution < 1.29 is 28.6 Å². The second-order valence-corrected chi connectivity index (χ2v) is 21.6. The quantitative estimate of drug-likeness (QED) is 0.0261. The fourth-order valence-corrected chi connectivity index (χ4v) is 8.80. The fraction of sp³-hybridized carbons (Fsp3) is 0.618. The molecule has 0 aromatic heterocycles. The van der Waals surface area contributed by atoms with E-state index in [0.717, 1.165) is 148 Å². The maximum atomic E-state index is 12.9. The minimum atomic E-state index is -0.811. The molecule has 0 radical (unpaired) electrons. The molecule has 6 nitrogen and oxygen atoms in total. The van der Waals surface area contributed by atoms with Crippen molar-refractivity contribution in [1.82, 2.24) is 0 Å². The molecule has 1 atom stereocenters. The van der Waals surface area contributed by atoms with Crippen LogP contribution in [0.2, 0.25) is 0 Å². The Bertz CT molecular complexity index is 1830. The van der Waals surface area contributed by atoms with Crippen LogP contribution in [0.5, 0.6) is 0 Å². The Morgan fingerprint density at radius 3 is 0.780 bits per heavy atom. The van der Waals surface area contributed by atoms with Gasteiger partial charge in [-0.15, -0.1) is 0 Å². The number of esters is 3. The van der Waals surface area contributed by atoms with Gasteiger partial charge in [0, 0.05) is 19.3 Å². The first kappa shape index (κ1) is 77.0. The van der Waals surface area contributed by atoms with Gasteiger partial charge in [0.1, 0.15) is 13.2 Å². The monoisotopic (exact) mass is 1130 g/mol. The lowest BCUT2D eigenvalue weighted by Crippen LogP contribution is -2.30. The molecule has 0 aliphatic carbocycles. The summed E-state index contributed by atoms with van der Waals surface area (Å²) in [4.78, 5) is 38.3. The van der Waals surface area contributed by atoms with E-state index in [-0.39, 0.29) is 37.5 Å². The van der Waals surface area contributed by atoms with Gasteiger partial charge in [-0.25, -0.2) is 0 Å².